The number of hydrogen-bond donors (Lipinski definition) is 4. The number of hydrogen-bond acceptors (Lipinski definition) is 7. The standard InChI is InChI=1S/C17H19FN6OS/c1-17(4-7-26-16(19)22-17)11-8-10(2-3-12(11)18)21-15(25)13-9-14-20-5-6-24(14)23-13/h2-4,7-9,13,20,23H,5-6H2,1H3,(H2,19,22)(H,21,25)/t13?,17-/m0/s1. The molecule has 1 unspecified atom stereocenters. The van der Waals surface area contributed by atoms with Crippen LogP contribution in [-0.4, -0.2) is 35.2 Å². The Hall–Kier alpha value is -2.52. The Labute approximate surface area is 154 Å². The Kier molecular flexibility index (Phi) is 4.12. The van der Waals surface area contributed by atoms with Crippen LogP contribution < -0.4 is 21.8 Å². The van der Waals surface area contributed by atoms with E-state index in [9.17, 15) is 9.18 Å². The number of hydrazine groups is 1. The zero-order chi connectivity index (χ0) is 18.3. The number of benzene rings is 1. The van der Waals surface area contributed by atoms with Crippen LogP contribution in [0.3, 0.4) is 0 Å². The number of carbonyl (C=O) groups excluding carboxylic acids is 1. The lowest BCUT2D eigenvalue weighted by Crippen LogP contribution is -2.42. The Bertz CT molecular complexity index is 854. The summed E-state index contributed by atoms with van der Waals surface area (Å²) >= 11 is 1.29. The van der Waals surface area contributed by atoms with E-state index in [-0.39, 0.29) is 5.91 Å². The molecule has 0 spiro atoms. The summed E-state index contributed by atoms with van der Waals surface area (Å²) in [5, 5.41) is 10.1. The van der Waals surface area contributed by atoms with Crippen molar-refractivity contribution >= 4 is 28.5 Å². The van der Waals surface area contributed by atoms with Gasteiger partial charge in [-0.2, -0.15) is 0 Å². The maximum absolute atomic E-state index is 14.4. The summed E-state index contributed by atoms with van der Waals surface area (Å²) in [4.78, 5) is 16.9. The van der Waals surface area contributed by atoms with Crippen LogP contribution >= 0.6 is 11.8 Å². The van der Waals surface area contributed by atoms with Gasteiger partial charge in [0, 0.05) is 17.8 Å². The van der Waals surface area contributed by atoms with Gasteiger partial charge in [-0.15, -0.1) is 0 Å². The van der Waals surface area contributed by atoms with Gasteiger partial charge in [-0.3, -0.25) is 9.80 Å². The molecular formula is C17H19FN6OS. The lowest BCUT2D eigenvalue weighted by Gasteiger charge is -2.26. The monoisotopic (exact) mass is 374 g/mol. The Morgan fingerprint density at radius 2 is 2.38 bits per heavy atom. The maximum atomic E-state index is 14.4. The molecule has 3 aliphatic heterocycles. The molecule has 0 bridgehead atoms. The highest BCUT2D eigenvalue weighted by molar-refractivity contribution is 8.16. The Balaban J connectivity index is 1.55. The third kappa shape index (κ3) is 3.04. The molecule has 0 radical (unpaired) electrons. The van der Waals surface area contributed by atoms with E-state index in [0.29, 0.717) is 16.4 Å². The molecule has 7 nitrogen and oxygen atoms in total. The average molecular weight is 374 g/mol. The molecule has 3 heterocycles. The topological polar surface area (TPSA) is 94.8 Å². The first kappa shape index (κ1) is 16.9. The fourth-order valence-electron chi connectivity index (χ4n) is 3.18. The Morgan fingerprint density at radius 1 is 1.54 bits per heavy atom. The van der Waals surface area contributed by atoms with Crippen molar-refractivity contribution in [3.63, 3.8) is 0 Å². The molecule has 0 aromatic heterocycles. The van der Waals surface area contributed by atoms with Gasteiger partial charge in [0.25, 0.3) is 0 Å². The number of fused-ring (bicyclic) bond motifs is 1. The zero-order valence-electron chi connectivity index (χ0n) is 14.1. The van der Waals surface area contributed by atoms with Crippen LogP contribution in [0.1, 0.15) is 12.5 Å². The quantitative estimate of drug-likeness (QED) is 0.635. The van der Waals surface area contributed by atoms with Crippen LogP contribution in [0.5, 0.6) is 0 Å². The van der Waals surface area contributed by atoms with E-state index in [0.717, 1.165) is 18.9 Å². The first-order valence-electron chi connectivity index (χ1n) is 8.25. The van der Waals surface area contributed by atoms with Crippen molar-refractivity contribution in [3.8, 4) is 0 Å². The van der Waals surface area contributed by atoms with Crippen molar-refractivity contribution in [1.82, 2.24) is 15.8 Å². The first-order chi connectivity index (χ1) is 12.4. The van der Waals surface area contributed by atoms with Crippen molar-refractivity contribution in [2.45, 2.75) is 18.5 Å². The van der Waals surface area contributed by atoms with Crippen molar-refractivity contribution in [2.75, 3.05) is 18.4 Å². The molecule has 2 atom stereocenters. The molecule has 1 aromatic rings. The van der Waals surface area contributed by atoms with Gasteiger partial charge in [-0.25, -0.2) is 14.8 Å². The SMILES string of the molecule is C[C@@]1(c2cc(NC(=O)C3C=C4NCCN4N3)ccc2F)C=CSC(N)=N1. The van der Waals surface area contributed by atoms with Crippen LogP contribution in [0, 0.1) is 5.82 Å². The van der Waals surface area contributed by atoms with Gasteiger partial charge in [0.05, 0.1) is 6.54 Å². The number of amides is 1. The third-order valence-electron chi connectivity index (χ3n) is 4.54. The molecule has 1 fully saturated rings. The van der Waals surface area contributed by atoms with Crippen molar-refractivity contribution in [2.24, 2.45) is 10.7 Å². The van der Waals surface area contributed by atoms with Crippen molar-refractivity contribution in [3.05, 3.63) is 53.0 Å². The van der Waals surface area contributed by atoms with Crippen LogP contribution in [-0.2, 0) is 10.3 Å². The minimum Gasteiger partial charge on any atom is -0.378 e. The molecule has 1 amide bonds. The van der Waals surface area contributed by atoms with E-state index >= 15 is 0 Å². The molecule has 136 valence electrons. The number of thioether (sulfide) groups is 1. The molecule has 0 aliphatic carbocycles. The van der Waals surface area contributed by atoms with Crippen molar-refractivity contribution in [1.29, 1.82) is 0 Å². The second-order valence-corrected chi connectivity index (χ2v) is 7.37. The van der Waals surface area contributed by atoms with Gasteiger partial charge < -0.3 is 16.4 Å². The zero-order valence-corrected chi connectivity index (χ0v) is 14.9. The van der Waals surface area contributed by atoms with E-state index in [1.54, 1.807) is 24.5 Å². The summed E-state index contributed by atoms with van der Waals surface area (Å²) in [5.74, 6) is 0.297. The summed E-state index contributed by atoms with van der Waals surface area (Å²) in [6.07, 6.45) is 3.63. The number of nitrogens with two attached hydrogens (primary N) is 1. The Morgan fingerprint density at radius 3 is 3.15 bits per heavy atom. The van der Waals surface area contributed by atoms with Gasteiger partial charge in [0.15, 0.2) is 5.17 Å². The van der Waals surface area contributed by atoms with E-state index < -0.39 is 17.4 Å². The second-order valence-electron chi connectivity index (χ2n) is 6.44. The summed E-state index contributed by atoms with van der Waals surface area (Å²) in [5.41, 5.74) is 8.87. The summed E-state index contributed by atoms with van der Waals surface area (Å²) in [7, 11) is 0. The number of halogens is 1. The second kappa shape index (κ2) is 6.33. The van der Waals surface area contributed by atoms with Gasteiger partial charge in [-0.1, -0.05) is 11.8 Å². The van der Waals surface area contributed by atoms with Crippen LogP contribution in [0.2, 0.25) is 0 Å². The van der Waals surface area contributed by atoms with E-state index in [2.05, 4.69) is 21.1 Å². The number of aliphatic imine (C=N–C) groups is 1. The number of carbonyl (C=O) groups is 1. The number of amidine groups is 1. The molecule has 1 saturated heterocycles. The lowest BCUT2D eigenvalue weighted by molar-refractivity contribution is -0.117. The molecule has 4 rings (SSSR count). The largest absolute Gasteiger partial charge is 0.378 e. The van der Waals surface area contributed by atoms with Crippen LogP contribution in [0.4, 0.5) is 10.1 Å². The summed E-state index contributed by atoms with van der Waals surface area (Å²) in [6, 6.07) is 4.00. The summed E-state index contributed by atoms with van der Waals surface area (Å²) < 4.78 is 14.4. The predicted molar refractivity (Wildman–Crippen MR) is 100 cm³/mol. The van der Waals surface area contributed by atoms with Crippen LogP contribution in [0.25, 0.3) is 0 Å². The van der Waals surface area contributed by atoms with Gasteiger partial charge in [0.2, 0.25) is 5.91 Å². The van der Waals surface area contributed by atoms with E-state index in [1.165, 1.54) is 23.9 Å². The minimum atomic E-state index is -0.902. The number of rotatable bonds is 3. The molecule has 9 heteroatoms. The third-order valence-corrected chi connectivity index (χ3v) is 5.14. The molecular weight excluding hydrogens is 355 g/mol. The predicted octanol–water partition coefficient (Wildman–Crippen LogP) is 1.19. The van der Waals surface area contributed by atoms with E-state index in [4.69, 9.17) is 5.73 Å². The van der Waals surface area contributed by atoms with Crippen LogP contribution in [0.15, 0.2) is 46.6 Å². The van der Waals surface area contributed by atoms with Gasteiger partial charge in [0.1, 0.15) is 23.2 Å². The van der Waals surface area contributed by atoms with Crippen molar-refractivity contribution < 1.29 is 9.18 Å². The number of nitrogens with one attached hydrogen (secondary N) is 3. The van der Waals surface area contributed by atoms with E-state index in [1.807, 2.05) is 11.1 Å². The normalized spacial score (nSPS) is 26.8. The minimum absolute atomic E-state index is 0.214. The highest BCUT2D eigenvalue weighted by Crippen LogP contribution is 2.35. The smallest absolute Gasteiger partial charge is 0.247 e. The fraction of sp³-hybridized carbons (Fsp3) is 0.294. The maximum Gasteiger partial charge on any atom is 0.247 e. The molecule has 3 aliphatic rings. The average Bonchev–Trinajstić information content (AvgIpc) is 3.18. The molecule has 1 aromatic carbocycles. The lowest BCUT2D eigenvalue weighted by atomic mass is 9.92. The van der Waals surface area contributed by atoms with Gasteiger partial charge >= 0.3 is 0 Å². The highest BCUT2D eigenvalue weighted by atomic mass is 32.2. The molecule has 0 saturated carbocycles. The fourth-order valence-corrected chi connectivity index (χ4v) is 3.90. The highest BCUT2D eigenvalue weighted by Gasteiger charge is 2.32. The number of anilines is 1. The van der Waals surface area contributed by atoms with Gasteiger partial charge in [-0.05, 0) is 42.7 Å². The molecule has 5 N–H and O–H groups in total. The molecule has 26 heavy (non-hydrogen) atoms. The number of nitrogens with zero attached hydrogens (tertiary/aromatic N) is 2. The first-order valence-corrected chi connectivity index (χ1v) is 9.12. The summed E-state index contributed by atoms with van der Waals surface area (Å²) in [6.45, 7) is 3.43.